The summed E-state index contributed by atoms with van der Waals surface area (Å²) >= 11 is 5.96. The van der Waals surface area contributed by atoms with Crippen LogP contribution >= 0.6 is 11.6 Å². The number of nitrogens with one attached hydrogen (secondary N) is 1. The minimum absolute atomic E-state index is 0.0213. The molecule has 23 heavy (non-hydrogen) atoms. The summed E-state index contributed by atoms with van der Waals surface area (Å²) in [4.78, 5) is 11.8. The summed E-state index contributed by atoms with van der Waals surface area (Å²) in [5.41, 5.74) is 0.323. The van der Waals surface area contributed by atoms with Crippen LogP contribution in [-0.4, -0.2) is 40.8 Å². The SMILES string of the molecule is CCCCNC(=O)CCN(c1cc(Cl)ccc1OC)S(C)(=O)=O. The van der Waals surface area contributed by atoms with Gasteiger partial charge in [-0.1, -0.05) is 24.9 Å². The van der Waals surface area contributed by atoms with Crippen LogP contribution < -0.4 is 14.4 Å². The van der Waals surface area contributed by atoms with Crippen LogP contribution in [-0.2, 0) is 14.8 Å². The third-order valence-corrected chi connectivity index (χ3v) is 4.62. The Labute approximate surface area is 142 Å². The van der Waals surface area contributed by atoms with Crippen molar-refractivity contribution >= 4 is 33.2 Å². The fraction of sp³-hybridized carbons (Fsp3) is 0.533. The number of methoxy groups -OCH3 is 1. The van der Waals surface area contributed by atoms with E-state index in [9.17, 15) is 13.2 Å². The molecule has 0 bridgehead atoms. The molecule has 6 nitrogen and oxygen atoms in total. The Balaban J connectivity index is 2.91. The van der Waals surface area contributed by atoms with Gasteiger partial charge in [0.15, 0.2) is 0 Å². The molecule has 0 spiro atoms. The molecular formula is C15H23ClN2O4S. The van der Waals surface area contributed by atoms with Crippen molar-refractivity contribution in [3.8, 4) is 5.75 Å². The van der Waals surface area contributed by atoms with Gasteiger partial charge in [-0.15, -0.1) is 0 Å². The zero-order chi connectivity index (χ0) is 17.5. The van der Waals surface area contributed by atoms with E-state index >= 15 is 0 Å². The van der Waals surface area contributed by atoms with Gasteiger partial charge >= 0.3 is 0 Å². The number of sulfonamides is 1. The highest BCUT2D eigenvalue weighted by Crippen LogP contribution is 2.32. The number of halogens is 1. The molecule has 0 radical (unpaired) electrons. The predicted molar refractivity (Wildman–Crippen MR) is 92.7 cm³/mol. The second kappa shape index (κ2) is 8.98. The topological polar surface area (TPSA) is 75.7 Å². The second-order valence-electron chi connectivity index (χ2n) is 5.10. The molecule has 1 amide bonds. The smallest absolute Gasteiger partial charge is 0.232 e. The van der Waals surface area contributed by atoms with Crippen molar-refractivity contribution in [1.29, 1.82) is 0 Å². The highest BCUT2D eigenvalue weighted by atomic mass is 35.5. The fourth-order valence-corrected chi connectivity index (χ4v) is 3.11. The zero-order valence-corrected chi connectivity index (χ0v) is 15.2. The van der Waals surface area contributed by atoms with Gasteiger partial charge in [0.2, 0.25) is 15.9 Å². The minimum atomic E-state index is -3.57. The Morgan fingerprint density at radius 2 is 2.09 bits per heavy atom. The maximum atomic E-state index is 12.1. The van der Waals surface area contributed by atoms with Crippen molar-refractivity contribution in [3.05, 3.63) is 23.2 Å². The van der Waals surface area contributed by atoms with E-state index in [-0.39, 0.29) is 18.9 Å². The van der Waals surface area contributed by atoms with Gasteiger partial charge in [0.1, 0.15) is 5.75 Å². The second-order valence-corrected chi connectivity index (χ2v) is 7.45. The number of carbonyl (C=O) groups excluding carboxylic acids is 1. The lowest BCUT2D eigenvalue weighted by Gasteiger charge is -2.24. The lowest BCUT2D eigenvalue weighted by Crippen LogP contribution is -2.35. The third kappa shape index (κ3) is 6.27. The molecule has 0 fully saturated rings. The van der Waals surface area contributed by atoms with Crippen molar-refractivity contribution in [1.82, 2.24) is 5.32 Å². The van der Waals surface area contributed by atoms with Gasteiger partial charge in [0.05, 0.1) is 19.1 Å². The van der Waals surface area contributed by atoms with Gasteiger partial charge in [0.25, 0.3) is 0 Å². The van der Waals surface area contributed by atoms with Crippen LogP contribution in [0.3, 0.4) is 0 Å². The first-order valence-corrected chi connectivity index (χ1v) is 9.60. The summed E-state index contributed by atoms with van der Waals surface area (Å²) in [6.45, 7) is 2.64. The average Bonchev–Trinajstić information content (AvgIpc) is 2.46. The van der Waals surface area contributed by atoms with Gasteiger partial charge < -0.3 is 10.1 Å². The first-order valence-electron chi connectivity index (χ1n) is 7.37. The molecule has 1 aromatic rings. The number of hydrogen-bond acceptors (Lipinski definition) is 4. The number of nitrogens with zero attached hydrogens (tertiary/aromatic N) is 1. The number of hydrogen-bond donors (Lipinski definition) is 1. The molecule has 0 aliphatic rings. The first kappa shape index (κ1) is 19.6. The maximum Gasteiger partial charge on any atom is 0.232 e. The molecule has 1 rings (SSSR count). The number of carbonyl (C=O) groups is 1. The van der Waals surface area contributed by atoms with E-state index in [1.807, 2.05) is 6.92 Å². The van der Waals surface area contributed by atoms with Crippen LogP contribution in [0, 0.1) is 0 Å². The van der Waals surface area contributed by atoms with Crippen LogP contribution in [0.1, 0.15) is 26.2 Å². The monoisotopic (exact) mass is 362 g/mol. The van der Waals surface area contributed by atoms with E-state index in [0.29, 0.717) is 23.0 Å². The van der Waals surface area contributed by atoms with Crippen LogP contribution in [0.4, 0.5) is 5.69 Å². The molecule has 0 unspecified atom stereocenters. The molecule has 0 heterocycles. The van der Waals surface area contributed by atoms with E-state index in [0.717, 1.165) is 23.4 Å². The van der Waals surface area contributed by atoms with E-state index in [2.05, 4.69) is 5.32 Å². The predicted octanol–water partition coefficient (Wildman–Crippen LogP) is 2.42. The normalized spacial score (nSPS) is 11.1. The minimum Gasteiger partial charge on any atom is -0.495 e. The number of anilines is 1. The van der Waals surface area contributed by atoms with Gasteiger partial charge in [-0.3, -0.25) is 9.10 Å². The zero-order valence-electron chi connectivity index (χ0n) is 13.6. The van der Waals surface area contributed by atoms with Crippen LogP contribution in [0.2, 0.25) is 5.02 Å². The Hall–Kier alpha value is -1.47. The van der Waals surface area contributed by atoms with Crippen LogP contribution in [0.15, 0.2) is 18.2 Å². The molecule has 0 aliphatic heterocycles. The van der Waals surface area contributed by atoms with Gasteiger partial charge in [-0.2, -0.15) is 0 Å². The van der Waals surface area contributed by atoms with Crippen molar-refractivity contribution < 1.29 is 17.9 Å². The fourth-order valence-electron chi connectivity index (χ4n) is 2.02. The quantitative estimate of drug-likeness (QED) is 0.684. The van der Waals surface area contributed by atoms with E-state index < -0.39 is 10.0 Å². The molecule has 8 heteroatoms. The van der Waals surface area contributed by atoms with E-state index in [1.165, 1.54) is 13.2 Å². The molecule has 130 valence electrons. The van der Waals surface area contributed by atoms with Crippen LogP contribution in [0.25, 0.3) is 0 Å². The number of ether oxygens (including phenoxy) is 1. The standard InChI is InChI=1S/C15H23ClN2O4S/c1-4-5-9-17-15(19)8-10-18(23(3,20)21)13-11-12(16)6-7-14(13)22-2/h6-7,11H,4-5,8-10H2,1-3H3,(H,17,19). The molecular weight excluding hydrogens is 340 g/mol. The average molecular weight is 363 g/mol. The Bertz CT molecular complexity index is 634. The van der Waals surface area contributed by atoms with Gasteiger partial charge in [0, 0.05) is 24.5 Å². The highest BCUT2D eigenvalue weighted by molar-refractivity contribution is 7.92. The molecule has 0 saturated heterocycles. The summed E-state index contributed by atoms with van der Waals surface area (Å²) in [6.07, 6.45) is 3.02. The largest absolute Gasteiger partial charge is 0.495 e. The summed E-state index contributed by atoms with van der Waals surface area (Å²) in [5, 5.41) is 3.15. The number of unbranched alkanes of at least 4 members (excludes halogenated alkanes) is 1. The van der Waals surface area contributed by atoms with Gasteiger partial charge in [-0.05, 0) is 24.6 Å². The highest BCUT2D eigenvalue weighted by Gasteiger charge is 2.22. The Kier molecular flexibility index (Phi) is 7.64. The molecule has 0 atom stereocenters. The number of rotatable bonds is 9. The van der Waals surface area contributed by atoms with Crippen molar-refractivity contribution in [2.24, 2.45) is 0 Å². The summed E-state index contributed by atoms with van der Waals surface area (Å²) in [5.74, 6) is 0.194. The molecule has 0 saturated carbocycles. The molecule has 0 aromatic heterocycles. The van der Waals surface area contributed by atoms with Crippen LogP contribution in [0.5, 0.6) is 5.75 Å². The van der Waals surface area contributed by atoms with E-state index in [1.54, 1.807) is 12.1 Å². The maximum absolute atomic E-state index is 12.1. The van der Waals surface area contributed by atoms with E-state index in [4.69, 9.17) is 16.3 Å². The summed E-state index contributed by atoms with van der Waals surface area (Å²) in [6, 6.07) is 4.72. The lowest BCUT2D eigenvalue weighted by atomic mass is 10.2. The summed E-state index contributed by atoms with van der Waals surface area (Å²) < 4.78 is 30.5. The Morgan fingerprint density at radius 3 is 2.65 bits per heavy atom. The van der Waals surface area contributed by atoms with Gasteiger partial charge in [-0.25, -0.2) is 8.42 Å². The molecule has 0 aliphatic carbocycles. The van der Waals surface area contributed by atoms with Crippen molar-refractivity contribution in [3.63, 3.8) is 0 Å². The lowest BCUT2D eigenvalue weighted by molar-refractivity contribution is -0.120. The summed E-state index contributed by atoms with van der Waals surface area (Å²) in [7, 11) is -2.12. The van der Waals surface area contributed by atoms with Crippen molar-refractivity contribution in [2.75, 3.05) is 30.8 Å². The first-order chi connectivity index (χ1) is 10.8. The third-order valence-electron chi connectivity index (χ3n) is 3.20. The number of benzene rings is 1. The number of amides is 1. The molecule has 1 N–H and O–H groups in total. The Morgan fingerprint density at radius 1 is 1.39 bits per heavy atom. The van der Waals surface area contributed by atoms with Crippen molar-refractivity contribution in [2.45, 2.75) is 26.2 Å². The molecule has 1 aromatic carbocycles.